The summed E-state index contributed by atoms with van der Waals surface area (Å²) in [5, 5.41) is 2.72. The van der Waals surface area contributed by atoms with Crippen LogP contribution in [-0.2, 0) is 25.2 Å². The lowest BCUT2D eigenvalue weighted by molar-refractivity contribution is 0.0179. The monoisotopic (exact) mass is 513 g/mol. The number of hydrogen-bond donors (Lipinski definition) is 2. The molecule has 36 heavy (non-hydrogen) atoms. The molecule has 0 saturated heterocycles. The molecule has 10 nitrogen and oxygen atoms in total. The molecule has 3 heterocycles. The summed E-state index contributed by atoms with van der Waals surface area (Å²) in [6, 6.07) is 7.04. The zero-order valence-corrected chi connectivity index (χ0v) is 21.1. The fourth-order valence-corrected chi connectivity index (χ4v) is 4.11. The third-order valence-electron chi connectivity index (χ3n) is 5.07. The summed E-state index contributed by atoms with van der Waals surface area (Å²) >= 11 is 0. The van der Waals surface area contributed by atoms with Crippen LogP contribution in [0.4, 0.5) is 5.82 Å². The fourth-order valence-electron chi connectivity index (χ4n) is 3.14. The maximum absolute atomic E-state index is 12.9. The molecular formula is C25H31N5O5S. The number of nitrogen functional groups attached to an aromatic ring is 1. The lowest BCUT2D eigenvalue weighted by atomic mass is 10.1. The Hall–Kier alpha value is -3.22. The molecule has 11 heteroatoms. The van der Waals surface area contributed by atoms with E-state index in [0.29, 0.717) is 67.0 Å². The van der Waals surface area contributed by atoms with Crippen molar-refractivity contribution in [3.05, 3.63) is 72.7 Å². The zero-order valence-electron chi connectivity index (χ0n) is 20.3. The van der Waals surface area contributed by atoms with Crippen molar-refractivity contribution < 1.29 is 23.2 Å². The standard InChI is InChI=1S/C25H31N5O5S/c1-4-20-15-18(2)17-35-14-13-34-12-11-33-10-9-30(3)36(32)21-7-5-19(6-8-21)22-16-27-24(26)23(29-22)25(31)28-20/h4-8,15-16H,1-2,9-14,17H2,3H3,(H2,26,27)(H,28,31)/b20-15+. The maximum atomic E-state index is 12.9. The Bertz CT molecular complexity index is 1140. The van der Waals surface area contributed by atoms with E-state index in [-0.39, 0.29) is 18.1 Å². The molecule has 0 radical (unpaired) electrons. The second-order valence-electron chi connectivity index (χ2n) is 7.81. The number of ether oxygens (including phenoxy) is 3. The summed E-state index contributed by atoms with van der Waals surface area (Å²) in [5.41, 5.74) is 8.11. The van der Waals surface area contributed by atoms with Crippen LogP contribution in [0.3, 0.4) is 0 Å². The van der Waals surface area contributed by atoms with Crippen molar-refractivity contribution in [3.8, 4) is 11.3 Å². The van der Waals surface area contributed by atoms with E-state index in [9.17, 15) is 9.00 Å². The molecule has 2 aromatic rings. The average molecular weight is 514 g/mol. The largest absolute Gasteiger partial charge is 0.382 e. The Morgan fingerprint density at radius 1 is 1.11 bits per heavy atom. The molecule has 1 atom stereocenters. The summed E-state index contributed by atoms with van der Waals surface area (Å²) in [5.74, 6) is -0.545. The van der Waals surface area contributed by atoms with Crippen LogP contribution >= 0.6 is 0 Å². The van der Waals surface area contributed by atoms with Gasteiger partial charge >= 0.3 is 0 Å². The molecule has 192 valence electrons. The Morgan fingerprint density at radius 2 is 1.78 bits per heavy atom. The van der Waals surface area contributed by atoms with Gasteiger partial charge in [0.25, 0.3) is 5.91 Å². The second-order valence-corrected chi connectivity index (χ2v) is 9.40. The summed E-state index contributed by atoms with van der Waals surface area (Å²) in [6.45, 7) is 10.5. The molecule has 1 aromatic heterocycles. The third kappa shape index (κ3) is 7.90. The highest BCUT2D eigenvalue weighted by Gasteiger charge is 2.16. The van der Waals surface area contributed by atoms with E-state index in [1.165, 1.54) is 12.3 Å². The molecule has 3 N–H and O–H groups in total. The van der Waals surface area contributed by atoms with Crippen molar-refractivity contribution in [1.82, 2.24) is 19.6 Å². The lowest BCUT2D eigenvalue weighted by Crippen LogP contribution is -2.26. The minimum Gasteiger partial charge on any atom is -0.382 e. The van der Waals surface area contributed by atoms with Crippen LogP contribution in [0.25, 0.3) is 11.3 Å². The summed E-state index contributed by atoms with van der Waals surface area (Å²) < 4.78 is 31.2. The first kappa shape index (κ1) is 27.4. The topological polar surface area (TPSA) is 129 Å². The van der Waals surface area contributed by atoms with Gasteiger partial charge in [-0.3, -0.25) is 4.79 Å². The van der Waals surface area contributed by atoms with Gasteiger partial charge in [0.05, 0.1) is 56.4 Å². The van der Waals surface area contributed by atoms with Crippen molar-refractivity contribution in [3.63, 3.8) is 0 Å². The molecule has 1 aromatic carbocycles. The smallest absolute Gasteiger partial charge is 0.278 e. The van der Waals surface area contributed by atoms with Crippen LogP contribution in [0.15, 0.2) is 71.9 Å². The Labute approximate surface area is 213 Å². The number of nitrogens with one attached hydrogen (secondary N) is 1. The summed E-state index contributed by atoms with van der Waals surface area (Å²) in [4.78, 5) is 22.1. The molecule has 0 spiro atoms. The number of amides is 1. The average Bonchev–Trinajstić information content (AvgIpc) is 2.88. The molecule has 2 aliphatic heterocycles. The van der Waals surface area contributed by atoms with Gasteiger partial charge < -0.3 is 25.3 Å². The van der Waals surface area contributed by atoms with Crippen LogP contribution < -0.4 is 11.1 Å². The van der Waals surface area contributed by atoms with Crippen LogP contribution in [-0.4, -0.2) is 77.6 Å². The van der Waals surface area contributed by atoms with Gasteiger partial charge in [0, 0.05) is 24.9 Å². The Balaban J connectivity index is 1.85. The van der Waals surface area contributed by atoms with E-state index in [4.69, 9.17) is 19.9 Å². The summed E-state index contributed by atoms with van der Waals surface area (Å²) in [6.07, 6.45) is 4.62. The van der Waals surface area contributed by atoms with E-state index >= 15 is 0 Å². The Kier molecular flexibility index (Phi) is 10.5. The van der Waals surface area contributed by atoms with Crippen molar-refractivity contribution in [1.29, 1.82) is 0 Å². The molecule has 0 aliphatic carbocycles. The normalized spacial score (nSPS) is 21.1. The number of benzene rings is 1. The van der Waals surface area contributed by atoms with Crippen LogP contribution in [0.1, 0.15) is 10.5 Å². The zero-order chi connectivity index (χ0) is 25.9. The molecule has 0 saturated carbocycles. The maximum Gasteiger partial charge on any atom is 0.278 e. The minimum absolute atomic E-state index is 0.00942. The van der Waals surface area contributed by atoms with Crippen LogP contribution in [0.5, 0.6) is 0 Å². The number of carbonyl (C=O) groups excluding carboxylic acids is 1. The van der Waals surface area contributed by atoms with Gasteiger partial charge in [-0.1, -0.05) is 25.3 Å². The third-order valence-corrected chi connectivity index (χ3v) is 6.49. The van der Waals surface area contributed by atoms with Crippen LogP contribution in [0, 0.1) is 0 Å². The number of carbonyl (C=O) groups is 1. The van der Waals surface area contributed by atoms with Crippen molar-refractivity contribution in [2.45, 2.75) is 4.90 Å². The molecule has 2 aliphatic rings. The highest BCUT2D eigenvalue weighted by Crippen LogP contribution is 2.21. The highest BCUT2D eigenvalue weighted by molar-refractivity contribution is 7.82. The molecule has 1 amide bonds. The van der Waals surface area contributed by atoms with Gasteiger partial charge in [-0.05, 0) is 29.9 Å². The van der Waals surface area contributed by atoms with E-state index in [2.05, 4.69) is 28.4 Å². The van der Waals surface area contributed by atoms with Gasteiger partial charge in [0.1, 0.15) is 11.0 Å². The number of fused-ring (bicyclic) bond motifs is 17. The van der Waals surface area contributed by atoms with Crippen molar-refractivity contribution in [2.75, 3.05) is 59.0 Å². The number of likely N-dealkylation sites (N-methyl/N-ethyl adjacent to an activating group) is 1. The Morgan fingerprint density at radius 3 is 2.47 bits per heavy atom. The van der Waals surface area contributed by atoms with Gasteiger partial charge in [0.2, 0.25) is 0 Å². The van der Waals surface area contributed by atoms with Crippen LogP contribution in [0.2, 0.25) is 0 Å². The van der Waals surface area contributed by atoms with E-state index < -0.39 is 16.9 Å². The van der Waals surface area contributed by atoms with Crippen molar-refractivity contribution >= 4 is 22.7 Å². The van der Waals surface area contributed by atoms with E-state index in [1.807, 2.05) is 0 Å². The number of nitrogens with zero attached hydrogens (tertiary/aromatic N) is 3. The molecule has 1 unspecified atom stereocenters. The number of allylic oxidation sites excluding steroid dienone is 1. The first-order valence-electron chi connectivity index (χ1n) is 11.3. The number of aromatic nitrogens is 2. The SMILES string of the molecule is C=C/C1=C\C(=C)COCCOCCOCCN(C)S(=O)c2ccc(cc2)-c2cnc(N)c(n2)C(=O)N1. The minimum atomic E-state index is -1.36. The number of nitrogens with two attached hydrogens (primary N) is 1. The summed E-state index contributed by atoms with van der Waals surface area (Å²) in [7, 11) is 0.403. The first-order valence-corrected chi connectivity index (χ1v) is 12.4. The number of anilines is 1. The van der Waals surface area contributed by atoms with E-state index in [1.54, 1.807) is 41.7 Å². The molecule has 4 bridgehead atoms. The first-order chi connectivity index (χ1) is 17.4. The van der Waals surface area contributed by atoms with Gasteiger partial charge in [0.15, 0.2) is 11.5 Å². The van der Waals surface area contributed by atoms with Gasteiger partial charge in [-0.15, -0.1) is 0 Å². The number of rotatable bonds is 1. The molecule has 0 fully saturated rings. The second kappa shape index (κ2) is 13.8. The van der Waals surface area contributed by atoms with E-state index in [0.717, 1.165) is 0 Å². The van der Waals surface area contributed by atoms with Gasteiger partial charge in [-0.2, -0.15) is 0 Å². The number of hydrogen-bond acceptors (Lipinski definition) is 8. The molecule has 4 rings (SSSR count). The lowest BCUT2D eigenvalue weighted by Gasteiger charge is -2.16. The van der Waals surface area contributed by atoms with Gasteiger partial charge in [-0.25, -0.2) is 18.5 Å². The highest BCUT2D eigenvalue weighted by atomic mass is 32.2. The predicted octanol–water partition coefficient (Wildman–Crippen LogP) is 2.10. The molecular weight excluding hydrogens is 482 g/mol. The van der Waals surface area contributed by atoms with Crippen molar-refractivity contribution in [2.24, 2.45) is 0 Å². The fraction of sp³-hybridized carbons (Fsp3) is 0.320. The quantitative estimate of drug-likeness (QED) is 0.555. The predicted molar refractivity (Wildman–Crippen MR) is 138 cm³/mol.